The van der Waals surface area contributed by atoms with Crippen LogP contribution in [0.4, 0.5) is 0 Å². The van der Waals surface area contributed by atoms with Gasteiger partial charge in [-0.15, -0.1) is 0 Å². The van der Waals surface area contributed by atoms with Gasteiger partial charge in [0.2, 0.25) is 0 Å². The summed E-state index contributed by atoms with van der Waals surface area (Å²) >= 11 is 0. The first kappa shape index (κ1) is 17.1. The van der Waals surface area contributed by atoms with E-state index in [1.54, 1.807) is 7.11 Å². The number of rotatable bonds is 8. The topological polar surface area (TPSA) is 18.5 Å². The maximum Gasteiger partial charge on any atom is 0.121 e. The molecule has 0 fully saturated rings. The molecule has 0 saturated heterocycles. The van der Waals surface area contributed by atoms with Crippen molar-refractivity contribution in [3.63, 3.8) is 0 Å². The molecule has 23 heavy (non-hydrogen) atoms. The predicted molar refractivity (Wildman–Crippen MR) is 97.3 cm³/mol. The maximum absolute atomic E-state index is 5.70. The lowest BCUT2D eigenvalue weighted by Crippen LogP contribution is -1.96. The molecule has 2 heteroatoms. The van der Waals surface area contributed by atoms with Crippen LogP contribution in [0.2, 0.25) is 0 Å². The highest BCUT2D eigenvalue weighted by Gasteiger charge is 2.04. The van der Waals surface area contributed by atoms with Gasteiger partial charge >= 0.3 is 0 Å². The Morgan fingerprint density at radius 2 is 1.96 bits per heavy atom. The van der Waals surface area contributed by atoms with E-state index in [1.165, 1.54) is 11.1 Å². The number of hydrogen-bond donors (Lipinski definition) is 0. The summed E-state index contributed by atoms with van der Waals surface area (Å²) in [4.78, 5) is 0. The van der Waals surface area contributed by atoms with Crippen molar-refractivity contribution < 1.29 is 9.47 Å². The molecule has 2 aromatic carbocycles. The quantitative estimate of drug-likeness (QED) is 0.646. The molecule has 0 bridgehead atoms. The van der Waals surface area contributed by atoms with Crippen molar-refractivity contribution in [3.8, 4) is 11.5 Å². The summed E-state index contributed by atoms with van der Waals surface area (Å²) in [5.41, 5.74) is 4.78. The minimum atomic E-state index is 0.751. The number of allylic oxidation sites excluding steroid dienone is 1. The summed E-state index contributed by atoms with van der Waals surface area (Å²) in [5.74, 6) is 1.86. The first-order valence-corrected chi connectivity index (χ1v) is 8.18. The molecule has 0 aliphatic heterocycles. The summed E-state index contributed by atoms with van der Waals surface area (Å²) < 4.78 is 11.0. The van der Waals surface area contributed by atoms with Crippen LogP contribution in [0.25, 0.3) is 5.57 Å². The third-order valence-corrected chi connectivity index (χ3v) is 3.89. The molecule has 0 aliphatic carbocycles. The highest BCUT2D eigenvalue weighted by atomic mass is 16.5. The summed E-state index contributed by atoms with van der Waals surface area (Å²) in [5, 5.41) is 0. The van der Waals surface area contributed by atoms with Crippen molar-refractivity contribution in [2.24, 2.45) is 0 Å². The van der Waals surface area contributed by atoms with E-state index in [0.717, 1.165) is 48.5 Å². The van der Waals surface area contributed by atoms with Gasteiger partial charge in [-0.2, -0.15) is 0 Å². The van der Waals surface area contributed by atoms with Crippen molar-refractivity contribution in [3.05, 3.63) is 65.7 Å². The molecule has 0 aromatic heterocycles. The van der Waals surface area contributed by atoms with Gasteiger partial charge in [0, 0.05) is 0 Å². The largest absolute Gasteiger partial charge is 0.496 e. The van der Waals surface area contributed by atoms with Crippen molar-refractivity contribution in [2.75, 3.05) is 13.7 Å². The van der Waals surface area contributed by atoms with Crippen LogP contribution >= 0.6 is 0 Å². The molecule has 122 valence electrons. The molecular formula is C21H26O2. The van der Waals surface area contributed by atoms with Gasteiger partial charge in [0.1, 0.15) is 11.5 Å². The van der Waals surface area contributed by atoms with Crippen LogP contribution in [0.15, 0.2) is 49.0 Å². The fourth-order valence-electron chi connectivity index (χ4n) is 2.56. The van der Waals surface area contributed by atoms with E-state index < -0.39 is 0 Å². The zero-order chi connectivity index (χ0) is 16.7. The Hall–Kier alpha value is -2.22. The minimum absolute atomic E-state index is 0.751. The van der Waals surface area contributed by atoms with E-state index in [9.17, 15) is 0 Å². The lowest BCUT2D eigenvalue weighted by Gasteiger charge is -2.11. The third kappa shape index (κ3) is 4.88. The molecule has 2 rings (SSSR count). The van der Waals surface area contributed by atoms with Crippen molar-refractivity contribution >= 4 is 5.57 Å². The van der Waals surface area contributed by atoms with Crippen LogP contribution < -0.4 is 9.47 Å². The molecule has 0 aliphatic rings. The lowest BCUT2D eigenvalue weighted by atomic mass is 9.98. The molecule has 0 unspecified atom stereocenters. The minimum Gasteiger partial charge on any atom is -0.496 e. The van der Waals surface area contributed by atoms with Crippen LogP contribution in [0.3, 0.4) is 0 Å². The Labute approximate surface area is 139 Å². The van der Waals surface area contributed by atoms with Gasteiger partial charge in [-0.05, 0) is 66.6 Å². The van der Waals surface area contributed by atoms with Crippen molar-refractivity contribution in [2.45, 2.75) is 33.1 Å². The number of ether oxygens (including phenoxy) is 2. The molecule has 0 atom stereocenters. The monoisotopic (exact) mass is 310 g/mol. The van der Waals surface area contributed by atoms with Crippen molar-refractivity contribution in [1.29, 1.82) is 0 Å². The van der Waals surface area contributed by atoms with Crippen LogP contribution in [-0.2, 0) is 6.42 Å². The smallest absolute Gasteiger partial charge is 0.121 e. The van der Waals surface area contributed by atoms with Crippen LogP contribution in [0.1, 0.15) is 36.5 Å². The zero-order valence-corrected chi connectivity index (χ0v) is 14.4. The SMILES string of the molecule is C=C(CCc1ccc(OC)c(C)c1)c1cccc(OCCC)c1. The zero-order valence-electron chi connectivity index (χ0n) is 14.4. The molecule has 0 spiro atoms. The molecule has 0 amide bonds. The number of aryl methyl sites for hydroxylation is 2. The number of methoxy groups -OCH3 is 1. The maximum atomic E-state index is 5.70. The van der Waals surface area contributed by atoms with Crippen LogP contribution in [0.5, 0.6) is 11.5 Å². The molecule has 2 nitrogen and oxygen atoms in total. The van der Waals surface area contributed by atoms with Gasteiger partial charge in [0.25, 0.3) is 0 Å². The highest BCUT2D eigenvalue weighted by molar-refractivity contribution is 5.64. The standard InChI is InChI=1S/C21H26O2/c1-5-13-23-20-8-6-7-19(15-20)16(2)9-10-18-11-12-21(22-4)17(3)14-18/h6-8,11-12,14-15H,2,5,9-10,13H2,1,3-4H3. The molecule has 0 saturated carbocycles. The van der Waals surface area contributed by atoms with Gasteiger partial charge in [-0.25, -0.2) is 0 Å². The van der Waals surface area contributed by atoms with E-state index in [-0.39, 0.29) is 0 Å². The normalized spacial score (nSPS) is 10.4. The molecule has 0 N–H and O–H groups in total. The van der Waals surface area contributed by atoms with Gasteiger partial charge in [0.15, 0.2) is 0 Å². The van der Waals surface area contributed by atoms with E-state index in [1.807, 2.05) is 18.2 Å². The van der Waals surface area contributed by atoms with E-state index in [4.69, 9.17) is 9.47 Å². The highest BCUT2D eigenvalue weighted by Crippen LogP contribution is 2.24. The second kappa shape index (κ2) is 8.42. The van der Waals surface area contributed by atoms with E-state index in [0.29, 0.717) is 0 Å². The summed E-state index contributed by atoms with van der Waals surface area (Å²) in [7, 11) is 1.71. The first-order valence-electron chi connectivity index (χ1n) is 8.18. The van der Waals surface area contributed by atoms with Gasteiger partial charge in [-0.3, -0.25) is 0 Å². The summed E-state index contributed by atoms with van der Waals surface area (Å²) in [6, 6.07) is 14.6. The fourth-order valence-corrected chi connectivity index (χ4v) is 2.56. The molecule has 0 heterocycles. The van der Waals surface area contributed by atoms with Gasteiger partial charge in [0.05, 0.1) is 13.7 Å². The average molecular weight is 310 g/mol. The Balaban J connectivity index is 1.98. The Kier molecular flexibility index (Phi) is 6.28. The van der Waals surface area contributed by atoms with Gasteiger partial charge in [-0.1, -0.05) is 37.8 Å². The average Bonchev–Trinajstić information content (AvgIpc) is 2.58. The van der Waals surface area contributed by atoms with Crippen LogP contribution in [0, 0.1) is 6.92 Å². The summed E-state index contributed by atoms with van der Waals surface area (Å²) in [6.45, 7) is 9.17. The number of hydrogen-bond acceptors (Lipinski definition) is 2. The number of benzene rings is 2. The molecule has 2 aromatic rings. The second-order valence-corrected chi connectivity index (χ2v) is 5.78. The van der Waals surface area contributed by atoms with E-state index in [2.05, 4.69) is 44.7 Å². The fraction of sp³-hybridized carbons (Fsp3) is 0.333. The summed E-state index contributed by atoms with van der Waals surface area (Å²) in [6.07, 6.45) is 2.93. The molecule has 0 radical (unpaired) electrons. The molecular weight excluding hydrogens is 284 g/mol. The third-order valence-electron chi connectivity index (χ3n) is 3.89. The van der Waals surface area contributed by atoms with Crippen LogP contribution in [-0.4, -0.2) is 13.7 Å². The predicted octanol–water partition coefficient (Wildman–Crippen LogP) is 5.44. The Morgan fingerprint density at radius 3 is 2.65 bits per heavy atom. The van der Waals surface area contributed by atoms with Crippen molar-refractivity contribution in [1.82, 2.24) is 0 Å². The lowest BCUT2D eigenvalue weighted by molar-refractivity contribution is 0.317. The first-order chi connectivity index (χ1) is 11.1. The second-order valence-electron chi connectivity index (χ2n) is 5.78. The van der Waals surface area contributed by atoms with E-state index >= 15 is 0 Å². The Morgan fingerprint density at radius 1 is 1.13 bits per heavy atom. The Bertz CT molecular complexity index is 659. The van der Waals surface area contributed by atoms with Gasteiger partial charge < -0.3 is 9.47 Å².